The maximum absolute atomic E-state index is 6.42. The lowest BCUT2D eigenvalue weighted by molar-refractivity contribution is 0.533. The topological polar surface area (TPSA) is 45.4 Å². The third-order valence-corrected chi connectivity index (χ3v) is 6.14. The Morgan fingerprint density at radius 2 is 1.42 bits per heavy atom. The summed E-state index contributed by atoms with van der Waals surface area (Å²) >= 11 is 0. The van der Waals surface area contributed by atoms with Crippen LogP contribution in [0.15, 0.2) is 83.5 Å². The van der Waals surface area contributed by atoms with Gasteiger partial charge in [0.05, 0.1) is 5.69 Å². The Balaban J connectivity index is 1.67. The monoisotopic (exact) mass is 406 g/mol. The number of para-hydroxylation sites is 2. The van der Waals surface area contributed by atoms with Crippen molar-refractivity contribution in [1.82, 2.24) is 9.97 Å². The Morgan fingerprint density at radius 3 is 2.19 bits per heavy atom. The largest absolute Gasteiger partial charge is 0.454 e. The van der Waals surface area contributed by atoms with Crippen LogP contribution in [-0.4, -0.2) is 15.6 Å². The SMILES string of the molecule is Cc1ccc2c(oc3ccccc32)c1N1c2nccnc2N(c2ccccc2)C1(C)C. The summed E-state index contributed by atoms with van der Waals surface area (Å²) in [5, 5.41) is 2.23. The first kappa shape index (κ1) is 18.0. The minimum Gasteiger partial charge on any atom is -0.454 e. The van der Waals surface area contributed by atoms with E-state index in [0.717, 1.165) is 50.5 Å². The summed E-state index contributed by atoms with van der Waals surface area (Å²) in [4.78, 5) is 14.0. The first-order valence-electron chi connectivity index (χ1n) is 10.4. The van der Waals surface area contributed by atoms with Gasteiger partial charge in [-0.15, -0.1) is 0 Å². The van der Waals surface area contributed by atoms with E-state index in [-0.39, 0.29) is 0 Å². The van der Waals surface area contributed by atoms with Crippen LogP contribution in [0.1, 0.15) is 19.4 Å². The summed E-state index contributed by atoms with van der Waals surface area (Å²) in [6.07, 6.45) is 3.51. The second-order valence-corrected chi connectivity index (χ2v) is 8.41. The Morgan fingerprint density at radius 1 is 0.742 bits per heavy atom. The van der Waals surface area contributed by atoms with E-state index in [9.17, 15) is 0 Å². The molecule has 5 heteroatoms. The minimum atomic E-state index is -0.455. The second kappa shape index (κ2) is 6.32. The summed E-state index contributed by atoms with van der Waals surface area (Å²) in [6.45, 7) is 6.52. The third kappa shape index (κ3) is 2.43. The second-order valence-electron chi connectivity index (χ2n) is 8.41. The van der Waals surface area contributed by atoms with E-state index < -0.39 is 5.66 Å². The van der Waals surface area contributed by atoms with Gasteiger partial charge in [0.2, 0.25) is 0 Å². The van der Waals surface area contributed by atoms with Crippen LogP contribution in [-0.2, 0) is 0 Å². The number of fused-ring (bicyclic) bond motifs is 4. The van der Waals surface area contributed by atoms with Crippen LogP contribution in [0, 0.1) is 6.92 Å². The molecule has 0 amide bonds. The van der Waals surface area contributed by atoms with Crippen LogP contribution in [0.25, 0.3) is 21.9 Å². The van der Waals surface area contributed by atoms with Crippen molar-refractivity contribution in [2.24, 2.45) is 0 Å². The lowest BCUT2D eigenvalue weighted by Gasteiger charge is -2.40. The van der Waals surface area contributed by atoms with E-state index in [0.29, 0.717) is 0 Å². The fourth-order valence-corrected chi connectivity index (χ4v) is 4.80. The van der Waals surface area contributed by atoms with Gasteiger partial charge in [0, 0.05) is 28.9 Å². The molecule has 0 N–H and O–H groups in total. The zero-order chi connectivity index (χ0) is 21.2. The number of nitrogens with zero attached hydrogens (tertiary/aromatic N) is 4. The molecular weight excluding hydrogens is 384 g/mol. The van der Waals surface area contributed by atoms with Crippen molar-refractivity contribution in [3.05, 3.63) is 84.7 Å². The molecule has 31 heavy (non-hydrogen) atoms. The van der Waals surface area contributed by atoms with E-state index >= 15 is 0 Å². The van der Waals surface area contributed by atoms with Gasteiger partial charge < -0.3 is 4.42 Å². The standard InChI is InChI=1S/C26H22N4O/c1-17-13-14-20-19-11-7-8-12-21(19)31-23(20)22(17)30-25-24(27-15-16-28-25)29(26(30,2)3)18-9-5-4-6-10-18/h4-16H,1-3H3. The van der Waals surface area contributed by atoms with Crippen molar-refractivity contribution >= 4 is 44.9 Å². The normalized spacial score (nSPS) is 15.1. The van der Waals surface area contributed by atoms with Gasteiger partial charge in [-0.05, 0) is 44.5 Å². The molecule has 0 aliphatic carbocycles. The molecule has 5 aromatic rings. The fraction of sp³-hybridized carbons (Fsp3) is 0.154. The third-order valence-electron chi connectivity index (χ3n) is 6.14. The molecule has 0 atom stereocenters. The molecule has 3 heterocycles. The number of furan rings is 1. The lowest BCUT2D eigenvalue weighted by Crippen LogP contribution is -2.48. The van der Waals surface area contributed by atoms with Gasteiger partial charge in [0.15, 0.2) is 17.2 Å². The molecule has 6 rings (SSSR count). The Hall–Kier alpha value is -3.86. The highest BCUT2D eigenvalue weighted by atomic mass is 16.3. The summed E-state index contributed by atoms with van der Waals surface area (Å²) in [5.41, 5.74) is 4.54. The average Bonchev–Trinajstić information content (AvgIpc) is 3.26. The zero-order valence-electron chi connectivity index (χ0n) is 17.7. The molecule has 5 nitrogen and oxygen atoms in total. The quantitative estimate of drug-likeness (QED) is 0.326. The smallest absolute Gasteiger partial charge is 0.179 e. The molecule has 0 saturated carbocycles. The molecule has 0 saturated heterocycles. The van der Waals surface area contributed by atoms with Crippen molar-refractivity contribution in [3.8, 4) is 0 Å². The predicted molar refractivity (Wildman–Crippen MR) is 125 cm³/mol. The van der Waals surface area contributed by atoms with Crippen molar-refractivity contribution in [2.45, 2.75) is 26.4 Å². The zero-order valence-corrected chi connectivity index (χ0v) is 17.7. The molecule has 3 aromatic carbocycles. The highest BCUT2D eigenvalue weighted by Gasteiger charge is 2.47. The molecular formula is C26H22N4O. The molecule has 0 unspecified atom stereocenters. The molecule has 2 aromatic heterocycles. The van der Waals surface area contributed by atoms with Crippen molar-refractivity contribution in [1.29, 1.82) is 0 Å². The highest BCUT2D eigenvalue weighted by molar-refractivity contribution is 6.10. The highest BCUT2D eigenvalue weighted by Crippen LogP contribution is 2.53. The van der Waals surface area contributed by atoms with Crippen LogP contribution in [0.3, 0.4) is 0 Å². The summed E-state index contributed by atoms with van der Waals surface area (Å²) in [7, 11) is 0. The van der Waals surface area contributed by atoms with Crippen molar-refractivity contribution < 1.29 is 4.42 Å². The molecule has 0 bridgehead atoms. The Labute approximate surface area is 180 Å². The van der Waals surface area contributed by atoms with Crippen molar-refractivity contribution in [2.75, 3.05) is 9.80 Å². The van der Waals surface area contributed by atoms with Gasteiger partial charge in [0.25, 0.3) is 0 Å². The van der Waals surface area contributed by atoms with E-state index in [1.165, 1.54) is 0 Å². The number of anilines is 4. The Bertz CT molecular complexity index is 1440. The van der Waals surface area contributed by atoms with Gasteiger partial charge in [0.1, 0.15) is 11.2 Å². The number of rotatable bonds is 2. The number of hydrogen-bond acceptors (Lipinski definition) is 5. The number of aryl methyl sites for hydroxylation is 1. The average molecular weight is 406 g/mol. The van der Waals surface area contributed by atoms with Gasteiger partial charge in [-0.3, -0.25) is 9.80 Å². The molecule has 1 aliphatic heterocycles. The molecule has 0 fully saturated rings. The fourth-order valence-electron chi connectivity index (χ4n) is 4.80. The molecule has 0 spiro atoms. The predicted octanol–water partition coefficient (Wildman–Crippen LogP) is 6.71. The molecule has 1 aliphatic rings. The van der Waals surface area contributed by atoms with E-state index in [1.807, 2.05) is 18.2 Å². The molecule has 152 valence electrons. The lowest BCUT2D eigenvalue weighted by atomic mass is 10.0. The first-order chi connectivity index (χ1) is 15.1. The van der Waals surface area contributed by atoms with E-state index in [4.69, 9.17) is 14.4 Å². The van der Waals surface area contributed by atoms with Gasteiger partial charge >= 0.3 is 0 Å². The van der Waals surface area contributed by atoms with Crippen molar-refractivity contribution in [3.63, 3.8) is 0 Å². The van der Waals surface area contributed by atoms with Gasteiger partial charge in [-0.25, -0.2) is 9.97 Å². The maximum Gasteiger partial charge on any atom is 0.179 e. The van der Waals surface area contributed by atoms with E-state index in [1.54, 1.807) is 12.4 Å². The van der Waals surface area contributed by atoms with Crippen LogP contribution in [0.5, 0.6) is 0 Å². The molecule has 0 radical (unpaired) electrons. The Kier molecular flexibility index (Phi) is 3.66. The van der Waals surface area contributed by atoms with Gasteiger partial charge in [-0.1, -0.05) is 48.5 Å². The van der Waals surface area contributed by atoms with Crippen LogP contribution in [0.4, 0.5) is 23.0 Å². The summed E-state index contributed by atoms with van der Waals surface area (Å²) in [6, 6.07) is 22.9. The van der Waals surface area contributed by atoms with E-state index in [2.05, 4.69) is 79.1 Å². The number of aromatic nitrogens is 2. The van der Waals surface area contributed by atoms with Crippen LogP contribution >= 0.6 is 0 Å². The van der Waals surface area contributed by atoms with Crippen LogP contribution < -0.4 is 9.80 Å². The first-order valence-corrected chi connectivity index (χ1v) is 10.4. The number of benzene rings is 3. The van der Waals surface area contributed by atoms with Crippen LogP contribution in [0.2, 0.25) is 0 Å². The summed E-state index contributed by atoms with van der Waals surface area (Å²) in [5.74, 6) is 1.67. The number of hydrogen-bond donors (Lipinski definition) is 0. The summed E-state index contributed by atoms with van der Waals surface area (Å²) < 4.78 is 6.42. The minimum absolute atomic E-state index is 0.455. The maximum atomic E-state index is 6.42. The van der Waals surface area contributed by atoms with Gasteiger partial charge in [-0.2, -0.15) is 0 Å².